The molecule has 0 radical (unpaired) electrons. The first-order chi connectivity index (χ1) is 9.28. The molecule has 0 aliphatic heterocycles. The Morgan fingerprint density at radius 2 is 2.16 bits per heavy atom. The lowest BCUT2D eigenvalue weighted by Crippen LogP contribution is -2.27. The van der Waals surface area contributed by atoms with Crippen LogP contribution in [0.5, 0.6) is 0 Å². The van der Waals surface area contributed by atoms with Gasteiger partial charge in [0.1, 0.15) is 24.6 Å². The van der Waals surface area contributed by atoms with Crippen molar-refractivity contribution in [3.63, 3.8) is 0 Å². The number of hydrogen-bond donors (Lipinski definition) is 0. The van der Waals surface area contributed by atoms with Crippen LogP contribution in [-0.2, 0) is 6.67 Å². The van der Waals surface area contributed by atoms with Gasteiger partial charge in [0.25, 0.3) is 11.4 Å². The minimum absolute atomic E-state index is 0.0433. The van der Waals surface area contributed by atoms with Crippen LogP contribution in [0.3, 0.4) is 0 Å². The summed E-state index contributed by atoms with van der Waals surface area (Å²) in [5.74, 6) is 0.0433. The highest BCUT2D eigenvalue weighted by atomic mass is 16.1. The summed E-state index contributed by atoms with van der Waals surface area (Å²) in [6.45, 7) is 0.0609. The van der Waals surface area contributed by atoms with Gasteiger partial charge in [-0.05, 0) is 12.1 Å². The molecule has 1 aromatic carbocycles. The second-order valence-electron chi connectivity index (χ2n) is 3.77. The Kier molecular flexibility index (Phi) is 2.50. The minimum atomic E-state index is -0.264. The molecular weight excluding hydrogens is 246 g/mol. The topological polar surface area (TPSA) is 102 Å². The molecular formula is C11H7N7O. The fourth-order valence-corrected chi connectivity index (χ4v) is 1.67. The van der Waals surface area contributed by atoms with E-state index in [1.165, 1.54) is 11.0 Å². The van der Waals surface area contributed by atoms with Crippen LogP contribution >= 0.6 is 0 Å². The van der Waals surface area contributed by atoms with Gasteiger partial charge in [0.15, 0.2) is 0 Å². The third-order valence-electron chi connectivity index (χ3n) is 2.54. The van der Waals surface area contributed by atoms with Crippen molar-refractivity contribution >= 4 is 10.9 Å². The number of nitrogens with zero attached hydrogens (tertiary/aromatic N) is 7. The van der Waals surface area contributed by atoms with E-state index in [1.54, 1.807) is 24.3 Å². The Morgan fingerprint density at radius 1 is 1.32 bits per heavy atom. The maximum atomic E-state index is 12.1. The number of hydrogen-bond acceptors (Lipinski definition) is 6. The zero-order valence-electron chi connectivity index (χ0n) is 9.63. The van der Waals surface area contributed by atoms with Crippen molar-refractivity contribution in [2.45, 2.75) is 6.67 Å². The van der Waals surface area contributed by atoms with Gasteiger partial charge in [-0.25, -0.2) is 9.67 Å². The third kappa shape index (κ3) is 1.93. The van der Waals surface area contributed by atoms with Crippen LogP contribution in [0.1, 0.15) is 5.82 Å². The molecule has 0 bridgehead atoms. The molecule has 8 heteroatoms. The number of aromatic nitrogens is 6. The third-order valence-corrected chi connectivity index (χ3v) is 2.54. The van der Waals surface area contributed by atoms with Gasteiger partial charge in [-0.2, -0.15) is 9.94 Å². The van der Waals surface area contributed by atoms with Gasteiger partial charge in [0, 0.05) is 0 Å². The predicted octanol–water partition coefficient (Wildman–Crippen LogP) is -0.240. The lowest BCUT2D eigenvalue weighted by molar-refractivity contribution is 0.464. The van der Waals surface area contributed by atoms with Crippen LogP contribution in [0.15, 0.2) is 35.4 Å². The first kappa shape index (κ1) is 11.0. The van der Waals surface area contributed by atoms with E-state index in [4.69, 9.17) is 5.26 Å². The lowest BCUT2D eigenvalue weighted by atomic mass is 10.2. The molecule has 0 fully saturated rings. The maximum absolute atomic E-state index is 12.1. The van der Waals surface area contributed by atoms with E-state index in [-0.39, 0.29) is 18.1 Å². The van der Waals surface area contributed by atoms with E-state index >= 15 is 0 Å². The van der Waals surface area contributed by atoms with Crippen LogP contribution < -0.4 is 5.56 Å². The van der Waals surface area contributed by atoms with E-state index in [2.05, 4.69) is 20.4 Å². The second kappa shape index (κ2) is 4.30. The number of benzene rings is 1. The first-order valence-electron chi connectivity index (χ1n) is 5.40. The molecule has 0 atom stereocenters. The highest BCUT2D eigenvalue weighted by molar-refractivity contribution is 5.76. The van der Waals surface area contributed by atoms with Crippen LogP contribution in [0.25, 0.3) is 10.9 Å². The standard InChI is InChI=1S/C11H7N7O/c12-5-10-13-6-17(15-10)7-18-11(19)8-3-1-2-4-9(8)14-16-18/h1-4,6H,7H2. The number of rotatable bonds is 2. The zero-order chi connectivity index (χ0) is 13.2. The van der Waals surface area contributed by atoms with E-state index in [0.717, 1.165) is 4.68 Å². The Labute approximate surface area is 106 Å². The molecule has 0 saturated carbocycles. The highest BCUT2D eigenvalue weighted by Crippen LogP contribution is 2.03. The van der Waals surface area contributed by atoms with Gasteiger partial charge >= 0.3 is 0 Å². The Balaban J connectivity index is 2.04. The van der Waals surface area contributed by atoms with Crippen LogP contribution in [-0.4, -0.2) is 29.8 Å². The Morgan fingerprint density at radius 3 is 2.95 bits per heavy atom. The molecule has 0 spiro atoms. The monoisotopic (exact) mass is 253 g/mol. The number of fused-ring (bicyclic) bond motifs is 1. The van der Waals surface area contributed by atoms with Crippen LogP contribution in [0, 0.1) is 11.3 Å². The van der Waals surface area contributed by atoms with Gasteiger partial charge in [0.05, 0.1) is 5.39 Å². The summed E-state index contributed by atoms with van der Waals surface area (Å²) in [5, 5.41) is 20.7. The van der Waals surface area contributed by atoms with E-state index in [0.29, 0.717) is 10.9 Å². The molecule has 8 nitrogen and oxygen atoms in total. The van der Waals surface area contributed by atoms with E-state index in [9.17, 15) is 4.79 Å². The van der Waals surface area contributed by atoms with Crippen molar-refractivity contribution in [2.75, 3.05) is 0 Å². The minimum Gasteiger partial charge on any atom is -0.267 e. The molecule has 0 aliphatic carbocycles. The van der Waals surface area contributed by atoms with Crippen molar-refractivity contribution in [3.05, 3.63) is 46.8 Å². The maximum Gasteiger partial charge on any atom is 0.279 e. The largest absolute Gasteiger partial charge is 0.279 e. The Hall–Kier alpha value is -3.08. The second-order valence-corrected chi connectivity index (χ2v) is 3.77. The first-order valence-corrected chi connectivity index (χ1v) is 5.40. The molecule has 2 aromatic heterocycles. The summed E-state index contributed by atoms with van der Waals surface area (Å²) < 4.78 is 2.52. The van der Waals surface area contributed by atoms with Gasteiger partial charge < -0.3 is 0 Å². The highest BCUT2D eigenvalue weighted by Gasteiger charge is 2.06. The van der Waals surface area contributed by atoms with Crippen molar-refractivity contribution in [2.24, 2.45) is 0 Å². The average Bonchev–Trinajstić information content (AvgIpc) is 2.90. The fourth-order valence-electron chi connectivity index (χ4n) is 1.67. The molecule has 2 heterocycles. The van der Waals surface area contributed by atoms with Gasteiger partial charge in [-0.1, -0.05) is 17.3 Å². The normalized spacial score (nSPS) is 10.5. The van der Waals surface area contributed by atoms with Gasteiger partial charge in [-0.15, -0.1) is 10.2 Å². The van der Waals surface area contributed by atoms with E-state index < -0.39 is 0 Å². The molecule has 0 saturated heterocycles. The van der Waals surface area contributed by atoms with Crippen LogP contribution in [0.2, 0.25) is 0 Å². The molecule has 3 rings (SSSR count). The summed E-state index contributed by atoms with van der Waals surface area (Å²) in [5.41, 5.74) is 0.277. The molecule has 0 aliphatic rings. The molecule has 0 amide bonds. The molecule has 92 valence electrons. The smallest absolute Gasteiger partial charge is 0.267 e. The summed E-state index contributed by atoms with van der Waals surface area (Å²) >= 11 is 0. The molecule has 19 heavy (non-hydrogen) atoms. The van der Waals surface area contributed by atoms with Crippen molar-refractivity contribution < 1.29 is 0 Å². The summed E-state index contributed by atoms with van der Waals surface area (Å²) in [6, 6.07) is 8.77. The quantitative estimate of drug-likeness (QED) is 0.624. The van der Waals surface area contributed by atoms with Crippen LogP contribution in [0.4, 0.5) is 0 Å². The van der Waals surface area contributed by atoms with Gasteiger partial charge in [-0.3, -0.25) is 4.79 Å². The predicted molar refractivity (Wildman–Crippen MR) is 63.9 cm³/mol. The van der Waals surface area contributed by atoms with Gasteiger partial charge in [0.2, 0.25) is 0 Å². The number of nitriles is 1. The van der Waals surface area contributed by atoms with Crippen molar-refractivity contribution in [1.82, 2.24) is 29.8 Å². The lowest BCUT2D eigenvalue weighted by Gasteiger charge is -2.03. The summed E-state index contributed by atoms with van der Waals surface area (Å²) in [4.78, 5) is 15.9. The average molecular weight is 253 g/mol. The van der Waals surface area contributed by atoms with Crippen molar-refractivity contribution in [3.8, 4) is 6.07 Å². The molecule has 3 aromatic rings. The van der Waals surface area contributed by atoms with E-state index in [1.807, 2.05) is 6.07 Å². The zero-order valence-corrected chi connectivity index (χ0v) is 9.63. The fraction of sp³-hybridized carbons (Fsp3) is 0.0909. The molecule has 0 unspecified atom stereocenters. The molecule has 0 N–H and O–H groups in total. The van der Waals surface area contributed by atoms with Crippen molar-refractivity contribution in [1.29, 1.82) is 5.26 Å². The summed E-state index contributed by atoms with van der Waals surface area (Å²) in [7, 11) is 0. The SMILES string of the molecule is N#Cc1ncn(Cn2nnc3ccccc3c2=O)n1. The Bertz CT molecular complexity index is 842. The summed E-state index contributed by atoms with van der Waals surface area (Å²) in [6.07, 6.45) is 1.36.